The van der Waals surface area contributed by atoms with Crippen LogP contribution in [0.15, 0.2) is 24.5 Å². The zero-order valence-electron chi connectivity index (χ0n) is 14.9. The quantitative estimate of drug-likeness (QED) is 0.764. The van der Waals surface area contributed by atoms with Gasteiger partial charge in [0.25, 0.3) is 0 Å². The molecule has 0 aromatic carbocycles. The first-order valence-electron chi connectivity index (χ1n) is 9.54. The zero-order valence-corrected chi connectivity index (χ0v) is 14.9. The maximum atomic E-state index is 12.0. The average Bonchev–Trinajstić information content (AvgIpc) is 2.66. The molecule has 3 rings (SSSR count). The highest BCUT2D eigenvalue weighted by molar-refractivity contribution is 5.73. The van der Waals surface area contributed by atoms with Crippen molar-refractivity contribution in [3.05, 3.63) is 24.5 Å². The van der Waals surface area contributed by atoms with Crippen LogP contribution < -0.4 is 15.5 Å². The summed E-state index contributed by atoms with van der Waals surface area (Å²) in [5, 5.41) is 16.2. The number of urea groups is 1. The van der Waals surface area contributed by atoms with Gasteiger partial charge in [0.15, 0.2) is 0 Å². The standard InChI is InChI=1S/C19H30N4O2/c24-18(22-15-19(25)8-2-1-3-9-19)21-14-16-6-12-23(13-7-16)17-4-10-20-11-5-17/h4-5,10-11,16,25H,1-3,6-9,12-15H2,(H2,21,22,24). The van der Waals surface area contributed by atoms with Gasteiger partial charge in [0.05, 0.1) is 5.60 Å². The van der Waals surface area contributed by atoms with Crippen molar-refractivity contribution in [3.63, 3.8) is 0 Å². The molecular formula is C19H30N4O2. The van der Waals surface area contributed by atoms with E-state index in [1.165, 1.54) is 12.1 Å². The van der Waals surface area contributed by atoms with Crippen molar-refractivity contribution in [2.45, 2.75) is 50.5 Å². The fraction of sp³-hybridized carbons (Fsp3) is 0.684. The Morgan fingerprint density at radius 3 is 2.52 bits per heavy atom. The van der Waals surface area contributed by atoms with Gasteiger partial charge in [-0.15, -0.1) is 0 Å². The lowest BCUT2D eigenvalue weighted by Gasteiger charge is -2.34. The third-order valence-corrected chi connectivity index (χ3v) is 5.56. The van der Waals surface area contributed by atoms with Crippen LogP contribution in [0.4, 0.5) is 10.5 Å². The van der Waals surface area contributed by atoms with Gasteiger partial charge >= 0.3 is 6.03 Å². The molecule has 0 bridgehead atoms. The number of carbonyl (C=O) groups is 1. The summed E-state index contributed by atoms with van der Waals surface area (Å²) >= 11 is 0. The molecule has 1 saturated heterocycles. The van der Waals surface area contributed by atoms with E-state index in [1.807, 2.05) is 24.5 Å². The predicted molar refractivity (Wildman–Crippen MR) is 98.6 cm³/mol. The average molecular weight is 346 g/mol. The molecule has 0 unspecified atom stereocenters. The minimum Gasteiger partial charge on any atom is -0.388 e. The molecule has 25 heavy (non-hydrogen) atoms. The highest BCUT2D eigenvalue weighted by atomic mass is 16.3. The van der Waals surface area contributed by atoms with E-state index in [1.54, 1.807) is 0 Å². The molecule has 1 aliphatic heterocycles. The lowest BCUT2D eigenvalue weighted by molar-refractivity contribution is 0.00717. The van der Waals surface area contributed by atoms with Crippen LogP contribution >= 0.6 is 0 Å². The summed E-state index contributed by atoms with van der Waals surface area (Å²) in [5.74, 6) is 0.515. The van der Waals surface area contributed by atoms with Gasteiger partial charge in [0.2, 0.25) is 0 Å². The third-order valence-electron chi connectivity index (χ3n) is 5.56. The molecule has 2 aliphatic rings. The van der Waals surface area contributed by atoms with E-state index in [-0.39, 0.29) is 6.03 Å². The summed E-state index contributed by atoms with van der Waals surface area (Å²) in [6, 6.07) is 3.93. The molecule has 1 aliphatic carbocycles. The molecule has 1 aromatic rings. The van der Waals surface area contributed by atoms with E-state index >= 15 is 0 Å². The molecule has 138 valence electrons. The van der Waals surface area contributed by atoms with Crippen LogP contribution in [0.2, 0.25) is 0 Å². The van der Waals surface area contributed by atoms with Gasteiger partial charge in [-0.25, -0.2) is 4.79 Å². The number of hydrogen-bond acceptors (Lipinski definition) is 4. The monoisotopic (exact) mass is 346 g/mol. The molecule has 0 atom stereocenters. The van der Waals surface area contributed by atoms with Gasteiger partial charge in [0, 0.05) is 44.3 Å². The van der Waals surface area contributed by atoms with Crippen LogP contribution in [-0.4, -0.2) is 47.9 Å². The molecule has 6 nitrogen and oxygen atoms in total. The van der Waals surface area contributed by atoms with Gasteiger partial charge in [-0.2, -0.15) is 0 Å². The van der Waals surface area contributed by atoms with E-state index in [9.17, 15) is 9.90 Å². The Balaban J connectivity index is 1.33. The summed E-state index contributed by atoms with van der Waals surface area (Å²) < 4.78 is 0. The van der Waals surface area contributed by atoms with Gasteiger partial charge in [-0.1, -0.05) is 19.3 Å². The number of nitrogens with one attached hydrogen (secondary N) is 2. The van der Waals surface area contributed by atoms with Gasteiger partial charge < -0.3 is 20.6 Å². The van der Waals surface area contributed by atoms with Gasteiger partial charge in [-0.3, -0.25) is 4.98 Å². The fourth-order valence-corrected chi connectivity index (χ4v) is 3.88. The molecule has 1 aromatic heterocycles. The number of carbonyl (C=O) groups excluding carboxylic acids is 1. The van der Waals surface area contributed by atoms with Crippen molar-refractivity contribution in [3.8, 4) is 0 Å². The minimum absolute atomic E-state index is 0.157. The Labute approximate surface area is 150 Å². The van der Waals surface area contributed by atoms with Gasteiger partial charge in [-0.05, 0) is 43.7 Å². The van der Waals surface area contributed by atoms with E-state index in [0.29, 0.717) is 19.0 Å². The number of aromatic nitrogens is 1. The molecule has 2 heterocycles. The molecule has 0 radical (unpaired) electrons. The van der Waals surface area contributed by atoms with Crippen LogP contribution in [0.3, 0.4) is 0 Å². The highest BCUT2D eigenvalue weighted by Crippen LogP contribution is 2.27. The Bertz CT molecular complexity index is 538. The fourth-order valence-electron chi connectivity index (χ4n) is 3.88. The predicted octanol–water partition coefficient (Wildman–Crippen LogP) is 2.29. The van der Waals surface area contributed by atoms with Crippen LogP contribution in [0.25, 0.3) is 0 Å². The Morgan fingerprint density at radius 2 is 1.84 bits per heavy atom. The van der Waals surface area contributed by atoms with Crippen LogP contribution in [-0.2, 0) is 0 Å². The summed E-state index contributed by atoms with van der Waals surface area (Å²) in [6.07, 6.45) is 10.7. The first-order chi connectivity index (χ1) is 12.1. The lowest BCUT2D eigenvalue weighted by Crippen LogP contribution is -2.48. The van der Waals surface area contributed by atoms with Gasteiger partial charge in [0.1, 0.15) is 0 Å². The number of rotatable bonds is 5. The van der Waals surface area contributed by atoms with Crippen LogP contribution in [0.1, 0.15) is 44.9 Å². The molecule has 0 spiro atoms. The topological polar surface area (TPSA) is 77.5 Å². The summed E-state index contributed by atoms with van der Waals surface area (Å²) in [7, 11) is 0. The molecule has 1 saturated carbocycles. The molecule has 2 fully saturated rings. The number of pyridine rings is 1. The smallest absolute Gasteiger partial charge is 0.314 e. The van der Waals surface area contributed by atoms with E-state index in [2.05, 4.69) is 20.5 Å². The molecule has 3 N–H and O–H groups in total. The normalized spacial score (nSPS) is 20.9. The number of piperidine rings is 1. The Morgan fingerprint density at radius 1 is 1.16 bits per heavy atom. The van der Waals surface area contributed by atoms with Crippen molar-refractivity contribution in [1.82, 2.24) is 15.6 Å². The minimum atomic E-state index is -0.703. The van der Waals surface area contributed by atoms with E-state index in [4.69, 9.17) is 0 Å². The number of anilines is 1. The van der Waals surface area contributed by atoms with E-state index in [0.717, 1.165) is 51.6 Å². The first kappa shape index (κ1) is 18.0. The van der Waals surface area contributed by atoms with Crippen LogP contribution in [0, 0.1) is 5.92 Å². The van der Waals surface area contributed by atoms with E-state index < -0.39 is 5.60 Å². The number of aliphatic hydroxyl groups is 1. The van der Waals surface area contributed by atoms with Crippen molar-refractivity contribution in [2.75, 3.05) is 31.1 Å². The highest BCUT2D eigenvalue weighted by Gasteiger charge is 2.29. The Hall–Kier alpha value is -1.82. The second-order valence-corrected chi connectivity index (χ2v) is 7.48. The second kappa shape index (κ2) is 8.52. The lowest BCUT2D eigenvalue weighted by atomic mass is 9.85. The van der Waals surface area contributed by atoms with Crippen molar-refractivity contribution in [2.24, 2.45) is 5.92 Å². The third kappa shape index (κ3) is 5.33. The van der Waals surface area contributed by atoms with Crippen molar-refractivity contribution < 1.29 is 9.90 Å². The molecule has 6 heteroatoms. The molecular weight excluding hydrogens is 316 g/mol. The van der Waals surface area contributed by atoms with Crippen LogP contribution in [0.5, 0.6) is 0 Å². The maximum Gasteiger partial charge on any atom is 0.314 e. The SMILES string of the molecule is O=C(NCC1CCN(c2ccncc2)CC1)NCC1(O)CCCCC1. The second-order valence-electron chi connectivity index (χ2n) is 7.48. The number of hydrogen-bond donors (Lipinski definition) is 3. The zero-order chi connectivity index (χ0) is 17.5. The molecule has 2 amide bonds. The summed E-state index contributed by atoms with van der Waals surface area (Å²) in [5.41, 5.74) is 0.519. The number of amides is 2. The maximum absolute atomic E-state index is 12.0. The Kier molecular flexibility index (Phi) is 6.13. The largest absolute Gasteiger partial charge is 0.388 e. The first-order valence-corrected chi connectivity index (χ1v) is 9.54. The summed E-state index contributed by atoms with van der Waals surface area (Å²) in [6.45, 7) is 3.09. The van der Waals surface area contributed by atoms with Crippen molar-refractivity contribution in [1.29, 1.82) is 0 Å². The number of nitrogens with zero attached hydrogens (tertiary/aromatic N) is 2. The summed E-state index contributed by atoms with van der Waals surface area (Å²) in [4.78, 5) is 18.4. The van der Waals surface area contributed by atoms with Crippen molar-refractivity contribution >= 4 is 11.7 Å².